The summed E-state index contributed by atoms with van der Waals surface area (Å²) in [6.07, 6.45) is 2.01. The molecule has 0 spiro atoms. The molecule has 11 rings (SSSR count). The van der Waals surface area contributed by atoms with Gasteiger partial charge in [0, 0.05) is 43.5 Å². The van der Waals surface area contributed by atoms with Gasteiger partial charge >= 0.3 is 0 Å². The third kappa shape index (κ3) is 3.79. The molecule has 5 heteroatoms. The number of hydrogen-bond acceptors (Lipinski definition) is 3. The van der Waals surface area contributed by atoms with Crippen molar-refractivity contribution >= 4 is 86.0 Å². The van der Waals surface area contributed by atoms with Gasteiger partial charge in [0.15, 0.2) is 5.82 Å². The molecule has 228 valence electrons. The zero-order chi connectivity index (χ0) is 32.1. The second-order valence-electron chi connectivity index (χ2n) is 12.6. The lowest BCUT2D eigenvalue weighted by molar-refractivity contribution is 1.16. The molecular weight excluding hydrogens is 617 g/mol. The van der Waals surface area contributed by atoms with E-state index in [1.54, 1.807) is 11.3 Å². The molecule has 0 saturated heterocycles. The quantitative estimate of drug-likeness (QED) is 0.192. The SMILES string of the molecule is c1ccc2c(-c3ncc4sc5ccc(-n6c7ccccc7c7ccccc76)cc5c4n3)c(-n3c4ccccc4c4ccccc43)ccc2c1. The van der Waals surface area contributed by atoms with E-state index in [2.05, 4.69) is 161 Å². The fourth-order valence-corrected chi connectivity index (χ4v) is 8.87. The lowest BCUT2D eigenvalue weighted by Gasteiger charge is -2.16. The smallest absolute Gasteiger partial charge is 0.162 e. The van der Waals surface area contributed by atoms with E-state index < -0.39 is 0 Å². The summed E-state index contributed by atoms with van der Waals surface area (Å²) in [5.74, 6) is 0.725. The van der Waals surface area contributed by atoms with Crippen LogP contribution in [0.1, 0.15) is 0 Å². The maximum absolute atomic E-state index is 5.44. The molecule has 0 bridgehead atoms. The normalized spacial score (nSPS) is 12.1. The van der Waals surface area contributed by atoms with Gasteiger partial charge in [-0.2, -0.15) is 0 Å². The van der Waals surface area contributed by atoms with Crippen LogP contribution >= 0.6 is 11.3 Å². The van der Waals surface area contributed by atoms with Gasteiger partial charge in [0.05, 0.1) is 43.5 Å². The summed E-state index contributed by atoms with van der Waals surface area (Å²) >= 11 is 1.75. The van der Waals surface area contributed by atoms with Crippen molar-refractivity contribution in [2.24, 2.45) is 0 Å². The van der Waals surface area contributed by atoms with Crippen LogP contribution in [0.15, 0.2) is 158 Å². The lowest BCUT2D eigenvalue weighted by atomic mass is 10.0. The fourth-order valence-electron chi connectivity index (χ4n) is 7.87. The van der Waals surface area contributed by atoms with Crippen LogP contribution in [0.4, 0.5) is 0 Å². The Morgan fingerprint density at radius 1 is 0.449 bits per heavy atom. The standard InChI is InChI=1S/C44H26N4S/c1-2-12-29-27(11-1)21-23-39(48-37-19-9-5-15-32(37)33-16-6-10-20-38(33)48)42(29)44-45-26-41-43(46-44)34-25-28(22-24-40(34)49-41)47-35-17-7-3-13-30(35)31-14-4-8-18-36(31)47/h1-26H. The van der Waals surface area contributed by atoms with Gasteiger partial charge in [-0.05, 0) is 59.3 Å². The van der Waals surface area contributed by atoms with Crippen molar-refractivity contribution in [3.8, 4) is 22.8 Å². The molecule has 4 heterocycles. The second kappa shape index (κ2) is 10.1. The number of nitrogens with zero attached hydrogens (tertiary/aromatic N) is 4. The van der Waals surface area contributed by atoms with E-state index >= 15 is 0 Å². The molecule has 0 radical (unpaired) electrons. The summed E-state index contributed by atoms with van der Waals surface area (Å²) in [6.45, 7) is 0. The van der Waals surface area contributed by atoms with E-state index in [1.807, 2.05) is 6.20 Å². The number of aromatic nitrogens is 4. The Bertz CT molecular complexity index is 3020. The van der Waals surface area contributed by atoms with Crippen molar-refractivity contribution in [1.82, 2.24) is 19.1 Å². The monoisotopic (exact) mass is 642 g/mol. The molecule has 4 aromatic heterocycles. The summed E-state index contributed by atoms with van der Waals surface area (Å²) < 4.78 is 7.04. The molecule has 49 heavy (non-hydrogen) atoms. The molecule has 0 saturated carbocycles. The molecule has 0 N–H and O–H groups in total. The molecule has 0 aliphatic rings. The first-order valence-electron chi connectivity index (χ1n) is 16.5. The van der Waals surface area contributed by atoms with Crippen LogP contribution in [-0.4, -0.2) is 19.1 Å². The average Bonchev–Trinajstić information content (AvgIpc) is 3.81. The average molecular weight is 643 g/mol. The summed E-state index contributed by atoms with van der Waals surface area (Å²) in [5.41, 5.74) is 8.94. The van der Waals surface area contributed by atoms with E-state index in [9.17, 15) is 0 Å². The Kier molecular flexibility index (Phi) is 5.51. The van der Waals surface area contributed by atoms with Crippen molar-refractivity contribution in [2.45, 2.75) is 0 Å². The number of benzene rings is 7. The number of hydrogen-bond donors (Lipinski definition) is 0. The third-order valence-electron chi connectivity index (χ3n) is 9.98. The van der Waals surface area contributed by atoms with Gasteiger partial charge in [-0.1, -0.05) is 103 Å². The maximum Gasteiger partial charge on any atom is 0.162 e. The van der Waals surface area contributed by atoms with Gasteiger partial charge in [-0.25, -0.2) is 9.97 Å². The van der Waals surface area contributed by atoms with Crippen molar-refractivity contribution in [3.63, 3.8) is 0 Å². The Labute approximate surface area is 284 Å². The van der Waals surface area contributed by atoms with Gasteiger partial charge in [0.2, 0.25) is 0 Å². The third-order valence-corrected chi connectivity index (χ3v) is 11.1. The number of thiophene rings is 1. The summed E-state index contributed by atoms with van der Waals surface area (Å²) in [6, 6.07) is 54.4. The van der Waals surface area contributed by atoms with Gasteiger partial charge < -0.3 is 9.13 Å². The van der Waals surface area contributed by atoms with Crippen molar-refractivity contribution < 1.29 is 0 Å². The minimum Gasteiger partial charge on any atom is -0.309 e. The lowest BCUT2D eigenvalue weighted by Crippen LogP contribution is -2.00. The first-order valence-corrected chi connectivity index (χ1v) is 17.3. The Hall–Kier alpha value is -6.30. The zero-order valence-corrected chi connectivity index (χ0v) is 27.0. The summed E-state index contributed by atoms with van der Waals surface area (Å²) in [4.78, 5) is 10.5. The molecule has 0 amide bonds. The van der Waals surface area contributed by atoms with Gasteiger partial charge in [0.25, 0.3) is 0 Å². The fraction of sp³-hybridized carbons (Fsp3) is 0. The molecule has 4 nitrogen and oxygen atoms in total. The highest BCUT2D eigenvalue weighted by Gasteiger charge is 2.21. The van der Waals surface area contributed by atoms with E-state index in [0.717, 1.165) is 60.2 Å². The van der Waals surface area contributed by atoms with E-state index in [1.165, 1.54) is 37.3 Å². The zero-order valence-electron chi connectivity index (χ0n) is 26.2. The highest BCUT2D eigenvalue weighted by Crippen LogP contribution is 2.41. The predicted molar refractivity (Wildman–Crippen MR) is 207 cm³/mol. The van der Waals surface area contributed by atoms with Crippen LogP contribution in [0.2, 0.25) is 0 Å². The van der Waals surface area contributed by atoms with Crippen molar-refractivity contribution in [3.05, 3.63) is 158 Å². The highest BCUT2D eigenvalue weighted by atomic mass is 32.1. The van der Waals surface area contributed by atoms with Crippen LogP contribution in [0.25, 0.3) is 97.4 Å². The van der Waals surface area contributed by atoms with Crippen LogP contribution < -0.4 is 0 Å². The molecule has 0 unspecified atom stereocenters. The van der Waals surface area contributed by atoms with E-state index in [4.69, 9.17) is 9.97 Å². The molecule has 11 aromatic rings. The first-order chi connectivity index (χ1) is 24.3. The van der Waals surface area contributed by atoms with Crippen LogP contribution in [0.3, 0.4) is 0 Å². The molecule has 7 aromatic carbocycles. The van der Waals surface area contributed by atoms with Crippen LogP contribution in [0, 0.1) is 0 Å². The predicted octanol–water partition coefficient (Wildman–Crippen LogP) is 11.9. The van der Waals surface area contributed by atoms with Gasteiger partial charge in [0.1, 0.15) is 0 Å². The number of fused-ring (bicyclic) bond motifs is 10. The summed E-state index contributed by atoms with van der Waals surface area (Å²) in [7, 11) is 0. The largest absolute Gasteiger partial charge is 0.309 e. The molecule has 0 aliphatic heterocycles. The number of rotatable bonds is 3. The van der Waals surface area contributed by atoms with Crippen LogP contribution in [0.5, 0.6) is 0 Å². The van der Waals surface area contributed by atoms with Gasteiger partial charge in [-0.3, -0.25) is 0 Å². The Morgan fingerprint density at radius 3 is 1.63 bits per heavy atom. The minimum atomic E-state index is 0.725. The van der Waals surface area contributed by atoms with Gasteiger partial charge in [-0.15, -0.1) is 11.3 Å². The summed E-state index contributed by atoms with van der Waals surface area (Å²) in [5, 5.41) is 8.41. The van der Waals surface area contributed by atoms with Crippen molar-refractivity contribution in [2.75, 3.05) is 0 Å². The minimum absolute atomic E-state index is 0.725. The topological polar surface area (TPSA) is 35.6 Å². The first kappa shape index (κ1) is 26.7. The number of para-hydroxylation sites is 4. The molecule has 0 atom stereocenters. The van der Waals surface area contributed by atoms with Crippen molar-refractivity contribution in [1.29, 1.82) is 0 Å². The highest BCUT2D eigenvalue weighted by molar-refractivity contribution is 7.25. The van der Waals surface area contributed by atoms with E-state index in [-0.39, 0.29) is 0 Å². The van der Waals surface area contributed by atoms with E-state index in [0.29, 0.717) is 0 Å². The molecule has 0 fully saturated rings. The molecular formula is C44H26N4S. The Morgan fingerprint density at radius 2 is 1.00 bits per heavy atom. The maximum atomic E-state index is 5.44. The Balaban J connectivity index is 1.19. The molecule has 0 aliphatic carbocycles. The second-order valence-corrected chi connectivity index (χ2v) is 13.7. The van der Waals surface area contributed by atoms with Crippen LogP contribution in [-0.2, 0) is 0 Å².